The predicted molar refractivity (Wildman–Crippen MR) is 75.5 cm³/mol. The van der Waals surface area contributed by atoms with E-state index in [1.165, 1.54) is 23.1 Å². The number of ether oxygens (including phenoxy) is 1. The third-order valence-electron chi connectivity index (χ3n) is 3.45. The van der Waals surface area contributed by atoms with Crippen molar-refractivity contribution in [2.45, 2.75) is 12.3 Å². The summed E-state index contributed by atoms with van der Waals surface area (Å²) < 4.78 is 44.0. The van der Waals surface area contributed by atoms with E-state index in [-0.39, 0.29) is 30.4 Å². The van der Waals surface area contributed by atoms with E-state index in [0.717, 1.165) is 18.5 Å². The number of hydrogen-bond acceptors (Lipinski definition) is 5. The van der Waals surface area contributed by atoms with Gasteiger partial charge in [-0.25, -0.2) is 9.97 Å². The standard InChI is InChI=1S/C15H12F3N3O3/c16-15(17,18)11-3-1-2-4-12(11)24-10-7-21(8-10)14(23)13-19-5-9(22)6-20-13/h1-6,10,22H,7-8H2. The van der Waals surface area contributed by atoms with Crippen molar-refractivity contribution in [1.82, 2.24) is 14.9 Å². The maximum absolute atomic E-state index is 12.9. The molecule has 1 saturated heterocycles. The van der Waals surface area contributed by atoms with Crippen molar-refractivity contribution in [3.05, 3.63) is 48.0 Å². The van der Waals surface area contributed by atoms with Gasteiger partial charge in [-0.1, -0.05) is 12.1 Å². The maximum Gasteiger partial charge on any atom is 0.419 e. The van der Waals surface area contributed by atoms with E-state index in [0.29, 0.717) is 0 Å². The van der Waals surface area contributed by atoms with Gasteiger partial charge in [0.25, 0.3) is 5.91 Å². The number of nitrogens with zero attached hydrogens (tertiary/aromatic N) is 3. The minimum absolute atomic E-state index is 0.0954. The topological polar surface area (TPSA) is 75.5 Å². The lowest BCUT2D eigenvalue weighted by molar-refractivity contribution is -0.139. The summed E-state index contributed by atoms with van der Waals surface area (Å²) in [4.78, 5) is 20.8. The Labute approximate surface area is 134 Å². The Balaban J connectivity index is 1.62. The molecule has 0 atom stereocenters. The molecule has 3 rings (SSSR count). The average Bonchev–Trinajstić information content (AvgIpc) is 2.50. The van der Waals surface area contributed by atoms with Gasteiger partial charge in [0.05, 0.1) is 31.0 Å². The van der Waals surface area contributed by atoms with Crippen molar-refractivity contribution < 1.29 is 27.8 Å². The molecule has 1 aliphatic rings. The molecule has 1 amide bonds. The maximum atomic E-state index is 12.9. The number of likely N-dealkylation sites (tertiary alicyclic amines) is 1. The minimum atomic E-state index is -4.50. The average molecular weight is 339 g/mol. The number of para-hydroxylation sites is 1. The molecule has 0 saturated carbocycles. The third-order valence-corrected chi connectivity index (χ3v) is 3.45. The van der Waals surface area contributed by atoms with Crippen LogP contribution in [0.1, 0.15) is 16.2 Å². The molecule has 1 aliphatic heterocycles. The van der Waals surface area contributed by atoms with Crippen LogP contribution >= 0.6 is 0 Å². The van der Waals surface area contributed by atoms with Crippen molar-refractivity contribution in [2.24, 2.45) is 0 Å². The summed E-state index contributed by atoms with van der Waals surface area (Å²) in [7, 11) is 0. The van der Waals surface area contributed by atoms with E-state index in [4.69, 9.17) is 9.84 Å². The number of hydrogen-bond donors (Lipinski definition) is 1. The van der Waals surface area contributed by atoms with Gasteiger partial charge in [-0.3, -0.25) is 4.79 Å². The molecular weight excluding hydrogens is 327 g/mol. The highest BCUT2D eigenvalue weighted by atomic mass is 19.4. The second-order valence-electron chi connectivity index (χ2n) is 5.21. The van der Waals surface area contributed by atoms with Crippen LogP contribution in [0.3, 0.4) is 0 Å². The number of halogens is 3. The summed E-state index contributed by atoms with van der Waals surface area (Å²) in [6.45, 7) is 0.268. The number of amides is 1. The minimum Gasteiger partial charge on any atom is -0.505 e. The number of rotatable bonds is 3. The number of benzene rings is 1. The highest BCUT2D eigenvalue weighted by molar-refractivity contribution is 5.91. The van der Waals surface area contributed by atoms with Crippen molar-refractivity contribution in [1.29, 1.82) is 0 Å². The molecule has 1 aromatic heterocycles. The largest absolute Gasteiger partial charge is 0.505 e. The Morgan fingerprint density at radius 2 is 1.83 bits per heavy atom. The van der Waals surface area contributed by atoms with Gasteiger partial charge in [0.2, 0.25) is 5.82 Å². The van der Waals surface area contributed by atoms with Gasteiger partial charge in [0, 0.05) is 0 Å². The van der Waals surface area contributed by atoms with E-state index in [9.17, 15) is 18.0 Å². The first kappa shape index (κ1) is 16.0. The van der Waals surface area contributed by atoms with Crippen LogP contribution in [-0.4, -0.2) is 45.1 Å². The summed E-state index contributed by atoms with van der Waals surface area (Å²) in [6.07, 6.45) is -2.86. The van der Waals surface area contributed by atoms with Gasteiger partial charge in [-0.2, -0.15) is 13.2 Å². The van der Waals surface area contributed by atoms with Gasteiger partial charge in [0.15, 0.2) is 5.75 Å². The highest BCUT2D eigenvalue weighted by Gasteiger charge is 2.38. The highest BCUT2D eigenvalue weighted by Crippen LogP contribution is 2.36. The van der Waals surface area contributed by atoms with Crippen molar-refractivity contribution in [3.63, 3.8) is 0 Å². The van der Waals surface area contributed by atoms with Gasteiger partial charge in [-0.05, 0) is 12.1 Å². The summed E-state index contributed by atoms with van der Waals surface area (Å²) in [5.41, 5.74) is -0.850. The molecule has 6 nitrogen and oxygen atoms in total. The fourth-order valence-corrected chi connectivity index (χ4v) is 2.23. The van der Waals surface area contributed by atoms with Crippen LogP contribution in [-0.2, 0) is 6.18 Å². The fourth-order valence-electron chi connectivity index (χ4n) is 2.23. The van der Waals surface area contributed by atoms with E-state index in [2.05, 4.69) is 9.97 Å². The molecule has 0 radical (unpaired) electrons. The van der Waals surface area contributed by atoms with E-state index >= 15 is 0 Å². The molecule has 1 N–H and O–H groups in total. The van der Waals surface area contributed by atoms with Crippen LogP contribution in [0.15, 0.2) is 36.7 Å². The molecule has 1 fully saturated rings. The Morgan fingerprint density at radius 1 is 1.21 bits per heavy atom. The molecule has 2 heterocycles. The summed E-state index contributed by atoms with van der Waals surface area (Å²) >= 11 is 0. The van der Waals surface area contributed by atoms with Crippen molar-refractivity contribution in [3.8, 4) is 11.5 Å². The van der Waals surface area contributed by atoms with Crippen molar-refractivity contribution >= 4 is 5.91 Å². The van der Waals surface area contributed by atoms with Gasteiger partial charge in [0.1, 0.15) is 11.9 Å². The summed E-state index contributed by atoms with van der Waals surface area (Å²) in [5, 5.41) is 9.08. The zero-order valence-corrected chi connectivity index (χ0v) is 12.2. The molecule has 126 valence electrons. The number of carbonyl (C=O) groups is 1. The van der Waals surface area contributed by atoms with E-state index < -0.39 is 23.8 Å². The smallest absolute Gasteiger partial charge is 0.419 e. The van der Waals surface area contributed by atoms with Gasteiger partial charge in [-0.15, -0.1) is 0 Å². The van der Waals surface area contributed by atoms with Gasteiger partial charge < -0.3 is 14.7 Å². The van der Waals surface area contributed by atoms with E-state index in [1.807, 2.05) is 0 Å². The molecule has 1 aromatic carbocycles. The molecular formula is C15H12F3N3O3. The van der Waals surface area contributed by atoms with Crippen LogP contribution in [0.25, 0.3) is 0 Å². The predicted octanol–water partition coefficient (Wildman–Crippen LogP) is 2.10. The molecule has 0 spiro atoms. The summed E-state index contributed by atoms with van der Waals surface area (Å²) in [5.74, 6) is -0.996. The van der Waals surface area contributed by atoms with E-state index in [1.54, 1.807) is 0 Å². The first-order chi connectivity index (χ1) is 11.3. The monoisotopic (exact) mass is 339 g/mol. The van der Waals surface area contributed by atoms with Crippen molar-refractivity contribution in [2.75, 3.05) is 13.1 Å². The first-order valence-electron chi connectivity index (χ1n) is 6.98. The normalized spacial score (nSPS) is 15.0. The quantitative estimate of drug-likeness (QED) is 0.927. The molecule has 0 aliphatic carbocycles. The molecule has 0 unspecified atom stereocenters. The van der Waals surface area contributed by atoms with Crippen LogP contribution in [0.5, 0.6) is 11.5 Å². The van der Waals surface area contributed by atoms with Crippen LogP contribution in [0, 0.1) is 0 Å². The lowest BCUT2D eigenvalue weighted by atomic mass is 10.1. The van der Waals surface area contributed by atoms with Crippen LogP contribution < -0.4 is 4.74 Å². The molecule has 9 heteroatoms. The van der Waals surface area contributed by atoms with Crippen LogP contribution in [0.2, 0.25) is 0 Å². The first-order valence-corrected chi connectivity index (χ1v) is 6.98. The lowest BCUT2D eigenvalue weighted by Gasteiger charge is -2.38. The Kier molecular flexibility index (Phi) is 4.00. The molecule has 2 aromatic rings. The number of aromatic hydroxyl groups is 1. The Hall–Kier alpha value is -2.84. The number of carbonyl (C=O) groups excluding carboxylic acids is 1. The molecule has 24 heavy (non-hydrogen) atoms. The van der Waals surface area contributed by atoms with Crippen LogP contribution in [0.4, 0.5) is 13.2 Å². The second-order valence-corrected chi connectivity index (χ2v) is 5.21. The fraction of sp³-hybridized carbons (Fsp3) is 0.267. The number of alkyl halides is 3. The second kappa shape index (κ2) is 5.99. The lowest BCUT2D eigenvalue weighted by Crippen LogP contribution is -2.56. The third kappa shape index (κ3) is 3.24. The Morgan fingerprint density at radius 3 is 2.46 bits per heavy atom. The zero-order chi connectivity index (χ0) is 17.3. The summed E-state index contributed by atoms with van der Waals surface area (Å²) in [6, 6.07) is 4.93. The molecule has 0 bridgehead atoms. The SMILES string of the molecule is O=C(c1ncc(O)cn1)N1CC(Oc2ccccc2C(F)(F)F)C1. The van der Waals surface area contributed by atoms with Gasteiger partial charge >= 0.3 is 6.18 Å². The Bertz CT molecular complexity index is 744. The zero-order valence-electron chi connectivity index (χ0n) is 12.2. The number of aromatic nitrogens is 2.